The molecule has 1 aromatic carbocycles. The Labute approximate surface area is 126 Å². The van der Waals surface area contributed by atoms with Gasteiger partial charge < -0.3 is 10.4 Å². The maximum atomic E-state index is 13.9. The molecule has 1 heterocycles. The number of halogens is 2. The van der Waals surface area contributed by atoms with Crippen molar-refractivity contribution < 1.29 is 14.3 Å². The number of rotatable bonds is 5. The molecule has 0 fully saturated rings. The second-order valence-corrected chi connectivity index (χ2v) is 4.92. The van der Waals surface area contributed by atoms with E-state index >= 15 is 0 Å². The molecule has 0 amide bonds. The Morgan fingerprint density at radius 3 is 2.86 bits per heavy atom. The highest BCUT2D eigenvalue weighted by Crippen LogP contribution is 2.25. The van der Waals surface area contributed by atoms with Gasteiger partial charge in [-0.25, -0.2) is 14.2 Å². The SMILES string of the molecule is CCCc1cc(C(=O)O)cc(Nc2cccc(Cl)c2F)n1. The molecule has 0 atom stereocenters. The minimum atomic E-state index is -1.05. The highest BCUT2D eigenvalue weighted by atomic mass is 35.5. The summed E-state index contributed by atoms with van der Waals surface area (Å²) in [5.41, 5.74) is 0.903. The summed E-state index contributed by atoms with van der Waals surface area (Å²) in [6, 6.07) is 7.43. The molecule has 110 valence electrons. The monoisotopic (exact) mass is 308 g/mol. The average Bonchev–Trinajstić information content (AvgIpc) is 2.44. The van der Waals surface area contributed by atoms with E-state index in [2.05, 4.69) is 10.3 Å². The van der Waals surface area contributed by atoms with Crippen LogP contribution in [-0.2, 0) is 6.42 Å². The molecule has 0 saturated carbocycles. The number of benzene rings is 1. The Kier molecular flexibility index (Phi) is 4.75. The number of carboxylic acid groups (broad SMARTS) is 1. The van der Waals surface area contributed by atoms with Crippen molar-refractivity contribution in [3.63, 3.8) is 0 Å². The zero-order valence-corrected chi connectivity index (χ0v) is 12.1. The fourth-order valence-electron chi connectivity index (χ4n) is 1.90. The van der Waals surface area contributed by atoms with E-state index in [1.54, 1.807) is 6.07 Å². The van der Waals surface area contributed by atoms with Crippen LogP contribution in [0.4, 0.5) is 15.9 Å². The fourth-order valence-corrected chi connectivity index (χ4v) is 2.07. The lowest BCUT2D eigenvalue weighted by molar-refractivity contribution is 0.0696. The first kappa shape index (κ1) is 15.3. The minimum absolute atomic E-state index is 0.0110. The molecule has 0 aliphatic heterocycles. The van der Waals surface area contributed by atoms with E-state index < -0.39 is 11.8 Å². The first-order valence-corrected chi connectivity index (χ1v) is 6.84. The van der Waals surface area contributed by atoms with Crippen molar-refractivity contribution in [1.29, 1.82) is 0 Å². The first-order valence-electron chi connectivity index (χ1n) is 6.46. The zero-order valence-electron chi connectivity index (χ0n) is 11.4. The summed E-state index contributed by atoms with van der Waals surface area (Å²) in [5.74, 6) is -1.37. The predicted octanol–water partition coefficient (Wildman–Crippen LogP) is 4.27. The lowest BCUT2D eigenvalue weighted by Gasteiger charge is -2.10. The molecule has 0 radical (unpaired) electrons. The van der Waals surface area contributed by atoms with Crippen LogP contribution in [0.2, 0.25) is 5.02 Å². The number of anilines is 2. The maximum absolute atomic E-state index is 13.9. The molecule has 0 saturated heterocycles. The van der Waals surface area contributed by atoms with Crippen LogP contribution in [0.25, 0.3) is 0 Å². The first-order chi connectivity index (χ1) is 10.0. The van der Waals surface area contributed by atoms with Gasteiger partial charge in [0.05, 0.1) is 16.3 Å². The van der Waals surface area contributed by atoms with Crippen LogP contribution in [0.5, 0.6) is 0 Å². The van der Waals surface area contributed by atoms with Gasteiger partial charge in [0.1, 0.15) is 5.82 Å². The van der Waals surface area contributed by atoms with Gasteiger partial charge in [0.2, 0.25) is 0 Å². The quantitative estimate of drug-likeness (QED) is 0.866. The van der Waals surface area contributed by atoms with Crippen LogP contribution in [0.1, 0.15) is 29.4 Å². The third kappa shape index (κ3) is 3.70. The third-order valence-corrected chi connectivity index (χ3v) is 3.14. The second-order valence-electron chi connectivity index (χ2n) is 4.51. The van der Waals surface area contributed by atoms with Crippen molar-refractivity contribution >= 4 is 29.1 Å². The molecule has 0 aliphatic rings. The van der Waals surface area contributed by atoms with E-state index in [-0.39, 0.29) is 22.1 Å². The van der Waals surface area contributed by atoms with Crippen LogP contribution >= 0.6 is 11.6 Å². The molecular weight excluding hydrogens is 295 g/mol. The Morgan fingerprint density at radius 2 is 2.19 bits per heavy atom. The molecule has 2 aromatic rings. The largest absolute Gasteiger partial charge is 0.478 e. The molecule has 4 nitrogen and oxygen atoms in total. The molecule has 2 rings (SSSR count). The Bertz CT molecular complexity index is 677. The number of nitrogens with zero attached hydrogens (tertiary/aromatic N) is 1. The van der Waals surface area contributed by atoms with E-state index in [1.807, 2.05) is 6.92 Å². The lowest BCUT2D eigenvalue weighted by atomic mass is 10.1. The van der Waals surface area contributed by atoms with Crippen LogP contribution < -0.4 is 5.32 Å². The van der Waals surface area contributed by atoms with Crippen molar-refractivity contribution in [3.05, 3.63) is 52.4 Å². The minimum Gasteiger partial charge on any atom is -0.478 e. The number of aromatic nitrogens is 1. The van der Waals surface area contributed by atoms with E-state index in [4.69, 9.17) is 16.7 Å². The molecule has 0 bridgehead atoms. The number of hydrogen-bond acceptors (Lipinski definition) is 3. The van der Waals surface area contributed by atoms with Gasteiger partial charge in [-0.1, -0.05) is 31.0 Å². The number of carbonyl (C=O) groups is 1. The number of hydrogen-bond donors (Lipinski definition) is 2. The Hall–Kier alpha value is -2.14. The fraction of sp³-hybridized carbons (Fsp3) is 0.200. The van der Waals surface area contributed by atoms with E-state index in [0.717, 1.165) is 6.42 Å². The highest BCUT2D eigenvalue weighted by molar-refractivity contribution is 6.31. The Balaban J connectivity index is 2.38. The molecule has 2 N–H and O–H groups in total. The van der Waals surface area contributed by atoms with Gasteiger partial charge >= 0.3 is 5.97 Å². The number of carboxylic acids is 1. The smallest absolute Gasteiger partial charge is 0.335 e. The summed E-state index contributed by atoms with van der Waals surface area (Å²) >= 11 is 5.71. The van der Waals surface area contributed by atoms with Crippen molar-refractivity contribution in [2.75, 3.05) is 5.32 Å². The van der Waals surface area contributed by atoms with Crippen LogP contribution in [-0.4, -0.2) is 16.1 Å². The summed E-state index contributed by atoms with van der Waals surface area (Å²) < 4.78 is 13.9. The molecule has 1 aromatic heterocycles. The van der Waals surface area contributed by atoms with Gasteiger partial charge in [-0.15, -0.1) is 0 Å². The third-order valence-electron chi connectivity index (χ3n) is 2.85. The van der Waals surface area contributed by atoms with Crippen LogP contribution in [0, 0.1) is 5.82 Å². The second kappa shape index (κ2) is 6.54. The lowest BCUT2D eigenvalue weighted by Crippen LogP contribution is -2.04. The summed E-state index contributed by atoms with van der Waals surface area (Å²) in [5, 5.41) is 11.9. The van der Waals surface area contributed by atoms with Crippen molar-refractivity contribution in [2.24, 2.45) is 0 Å². The summed E-state index contributed by atoms with van der Waals surface area (Å²) in [6.45, 7) is 1.97. The normalized spacial score (nSPS) is 10.4. The number of nitrogens with one attached hydrogen (secondary N) is 1. The van der Waals surface area contributed by atoms with Crippen molar-refractivity contribution in [2.45, 2.75) is 19.8 Å². The van der Waals surface area contributed by atoms with Gasteiger partial charge in [0.25, 0.3) is 0 Å². The van der Waals surface area contributed by atoms with Gasteiger partial charge in [-0.05, 0) is 30.7 Å². The molecule has 0 aliphatic carbocycles. The van der Waals surface area contributed by atoms with E-state index in [1.165, 1.54) is 24.3 Å². The highest BCUT2D eigenvalue weighted by Gasteiger charge is 2.11. The number of aromatic carboxylic acids is 1. The van der Waals surface area contributed by atoms with Crippen LogP contribution in [0.3, 0.4) is 0 Å². The topological polar surface area (TPSA) is 62.2 Å². The maximum Gasteiger partial charge on any atom is 0.335 e. The molecule has 6 heteroatoms. The zero-order chi connectivity index (χ0) is 15.4. The van der Waals surface area contributed by atoms with Gasteiger partial charge in [0.15, 0.2) is 5.82 Å². The van der Waals surface area contributed by atoms with E-state index in [0.29, 0.717) is 12.1 Å². The summed E-state index contributed by atoms with van der Waals surface area (Å²) in [6.07, 6.45) is 1.48. The molecule has 21 heavy (non-hydrogen) atoms. The average molecular weight is 309 g/mol. The molecular formula is C15H14ClFN2O2. The van der Waals surface area contributed by atoms with Gasteiger partial charge in [0, 0.05) is 5.69 Å². The van der Waals surface area contributed by atoms with Gasteiger partial charge in [-0.3, -0.25) is 0 Å². The molecule has 0 unspecified atom stereocenters. The summed E-state index contributed by atoms with van der Waals surface area (Å²) in [7, 11) is 0. The number of aryl methyl sites for hydroxylation is 1. The molecule has 0 spiro atoms. The van der Waals surface area contributed by atoms with Crippen LogP contribution in [0.15, 0.2) is 30.3 Å². The van der Waals surface area contributed by atoms with E-state index in [9.17, 15) is 9.18 Å². The van der Waals surface area contributed by atoms with Gasteiger partial charge in [-0.2, -0.15) is 0 Å². The summed E-state index contributed by atoms with van der Waals surface area (Å²) in [4.78, 5) is 15.4. The standard InChI is InChI=1S/C15H14ClFN2O2/c1-2-4-10-7-9(15(20)21)8-13(18-10)19-12-6-3-5-11(16)14(12)17/h3,5-8H,2,4H2,1H3,(H,18,19)(H,20,21). The van der Waals surface area contributed by atoms with Crippen molar-refractivity contribution in [1.82, 2.24) is 4.98 Å². The Morgan fingerprint density at radius 1 is 1.43 bits per heavy atom. The van der Waals surface area contributed by atoms with Crippen molar-refractivity contribution in [3.8, 4) is 0 Å². The predicted molar refractivity (Wildman–Crippen MR) is 79.9 cm³/mol. The number of pyridine rings is 1.